The van der Waals surface area contributed by atoms with Gasteiger partial charge in [-0.05, 0) is 37.1 Å². The summed E-state index contributed by atoms with van der Waals surface area (Å²) in [5.41, 5.74) is 0.488. The van der Waals surface area contributed by atoms with Crippen LogP contribution >= 0.6 is 11.3 Å². The largest absolute Gasteiger partial charge is 0.465 e. The minimum Gasteiger partial charge on any atom is -0.465 e. The smallest absolute Gasteiger partial charge is 0.350 e. The minimum atomic E-state index is -0.436. The van der Waals surface area contributed by atoms with Gasteiger partial charge >= 0.3 is 5.97 Å². The molecule has 176 valence electrons. The summed E-state index contributed by atoms with van der Waals surface area (Å²) in [6.45, 7) is 15.8. The third-order valence-electron chi connectivity index (χ3n) is 4.35. The molecule has 1 heterocycles. The number of nitrogens with one attached hydrogen (secondary N) is 1. The van der Waals surface area contributed by atoms with E-state index >= 15 is 0 Å². The SMILES string of the molecule is CC.CC.CC(C)=O.CCC(C)C1CCCCC1.COC(=O)c1sccc1NC=O. The Bertz CT molecular complexity index is 533. The van der Waals surface area contributed by atoms with E-state index in [0.717, 1.165) is 11.8 Å². The average molecular weight is 444 g/mol. The molecule has 0 aromatic carbocycles. The van der Waals surface area contributed by atoms with Gasteiger partial charge in [-0.2, -0.15) is 0 Å². The van der Waals surface area contributed by atoms with Crippen LogP contribution in [0.15, 0.2) is 11.4 Å². The van der Waals surface area contributed by atoms with Crippen molar-refractivity contribution in [3.63, 3.8) is 0 Å². The number of methoxy groups -OCH3 is 1. The second-order valence-corrected chi connectivity index (χ2v) is 7.53. The molecule has 0 aliphatic heterocycles. The van der Waals surface area contributed by atoms with Gasteiger partial charge in [-0.15, -0.1) is 11.3 Å². The lowest BCUT2D eigenvalue weighted by atomic mass is 9.80. The third kappa shape index (κ3) is 17.2. The number of anilines is 1. The summed E-state index contributed by atoms with van der Waals surface area (Å²) in [5.74, 6) is 1.79. The fourth-order valence-corrected chi connectivity index (χ4v) is 3.55. The first-order chi connectivity index (χ1) is 14.4. The maximum Gasteiger partial charge on any atom is 0.350 e. The molecule has 2 rings (SSSR count). The molecule has 1 amide bonds. The quantitative estimate of drug-likeness (QED) is 0.381. The van der Waals surface area contributed by atoms with Gasteiger partial charge in [0.25, 0.3) is 0 Å². The van der Waals surface area contributed by atoms with Crippen LogP contribution in [0.3, 0.4) is 0 Å². The van der Waals surface area contributed by atoms with Gasteiger partial charge in [-0.1, -0.05) is 80.1 Å². The fraction of sp³-hybridized carbons (Fsp3) is 0.708. The zero-order valence-corrected chi connectivity index (χ0v) is 21.5. The van der Waals surface area contributed by atoms with Crippen molar-refractivity contribution in [1.29, 1.82) is 0 Å². The maximum absolute atomic E-state index is 11.0. The molecular formula is C24H45NO4S. The van der Waals surface area contributed by atoms with Crippen LogP contribution in [0.1, 0.15) is 104 Å². The van der Waals surface area contributed by atoms with Gasteiger partial charge in [0, 0.05) is 0 Å². The molecule has 5 nitrogen and oxygen atoms in total. The van der Waals surface area contributed by atoms with Crippen molar-refractivity contribution in [3.05, 3.63) is 16.3 Å². The van der Waals surface area contributed by atoms with Crippen LogP contribution in [0.5, 0.6) is 0 Å². The van der Waals surface area contributed by atoms with Crippen molar-refractivity contribution in [1.82, 2.24) is 0 Å². The second kappa shape index (κ2) is 23.6. The number of hydrogen-bond acceptors (Lipinski definition) is 5. The molecule has 0 saturated heterocycles. The molecule has 1 unspecified atom stereocenters. The highest BCUT2D eigenvalue weighted by Gasteiger charge is 2.17. The van der Waals surface area contributed by atoms with Crippen molar-refractivity contribution in [2.45, 2.75) is 93.9 Å². The summed E-state index contributed by atoms with van der Waals surface area (Å²) >= 11 is 1.23. The van der Waals surface area contributed by atoms with Crippen LogP contribution in [0, 0.1) is 11.8 Å². The van der Waals surface area contributed by atoms with Crippen molar-refractivity contribution >= 4 is 35.2 Å². The zero-order chi connectivity index (χ0) is 23.9. The molecular weight excluding hydrogens is 398 g/mol. The monoisotopic (exact) mass is 443 g/mol. The van der Waals surface area contributed by atoms with E-state index in [2.05, 4.69) is 23.9 Å². The Morgan fingerprint density at radius 3 is 2.07 bits per heavy atom. The van der Waals surface area contributed by atoms with Gasteiger partial charge in [0.15, 0.2) is 0 Å². The third-order valence-corrected chi connectivity index (χ3v) is 5.24. The molecule has 1 aromatic rings. The molecule has 6 heteroatoms. The lowest BCUT2D eigenvalue weighted by molar-refractivity contribution is -0.115. The molecule has 1 atom stereocenters. The lowest BCUT2D eigenvalue weighted by Gasteiger charge is -2.26. The Labute approximate surface area is 189 Å². The van der Waals surface area contributed by atoms with Crippen LogP contribution in [-0.4, -0.2) is 25.3 Å². The molecule has 30 heavy (non-hydrogen) atoms. The minimum absolute atomic E-state index is 0.167. The van der Waals surface area contributed by atoms with Gasteiger partial charge in [0.2, 0.25) is 6.41 Å². The maximum atomic E-state index is 11.0. The lowest BCUT2D eigenvalue weighted by Crippen LogP contribution is -2.14. The van der Waals surface area contributed by atoms with Crippen LogP contribution < -0.4 is 5.32 Å². The van der Waals surface area contributed by atoms with Crippen molar-refractivity contribution in [3.8, 4) is 0 Å². The van der Waals surface area contributed by atoms with E-state index < -0.39 is 5.97 Å². The number of Topliss-reactive ketones (excluding diaryl/α,β-unsaturated/α-hetero) is 1. The molecule has 1 aliphatic rings. The Morgan fingerprint density at radius 1 is 1.17 bits per heavy atom. The summed E-state index contributed by atoms with van der Waals surface area (Å²) in [7, 11) is 1.30. The number of carbonyl (C=O) groups is 3. The van der Waals surface area contributed by atoms with Gasteiger partial charge in [0.1, 0.15) is 10.7 Å². The normalized spacial score (nSPS) is 13.1. The van der Waals surface area contributed by atoms with E-state index in [9.17, 15) is 14.4 Å². The summed E-state index contributed by atoms with van der Waals surface area (Å²) in [6.07, 6.45) is 9.40. The Morgan fingerprint density at radius 2 is 1.67 bits per heavy atom. The molecule has 0 bridgehead atoms. The summed E-state index contributed by atoms with van der Waals surface area (Å²) < 4.78 is 4.50. The van der Waals surface area contributed by atoms with Crippen LogP contribution in [-0.2, 0) is 14.3 Å². The number of amides is 1. The summed E-state index contributed by atoms with van der Waals surface area (Å²) in [4.78, 5) is 30.9. The van der Waals surface area contributed by atoms with Gasteiger partial charge < -0.3 is 14.8 Å². The standard InChI is InChI=1S/C10H20.C7H7NO3S.C3H6O.2C2H6/c1-3-9(2)10-7-5-4-6-8-10;1-11-7(10)6-5(8-4-9)2-3-12-6;1-3(2)4;2*1-2/h9-10H,3-8H2,1-2H3;2-4H,1H3,(H,8,9);1-2H3;2*1-2H3. The predicted octanol–water partition coefficient (Wildman–Crippen LogP) is 7.36. The number of carbonyl (C=O) groups excluding carboxylic acids is 3. The number of hydrogen-bond donors (Lipinski definition) is 1. The average Bonchev–Trinajstić information content (AvgIpc) is 3.25. The van der Waals surface area contributed by atoms with Crippen LogP contribution in [0.25, 0.3) is 0 Å². The highest BCUT2D eigenvalue weighted by atomic mass is 32.1. The van der Waals surface area contributed by atoms with E-state index in [4.69, 9.17) is 0 Å². The first kappa shape index (κ1) is 33.0. The summed E-state index contributed by atoms with van der Waals surface area (Å²) in [5, 5.41) is 4.11. The van der Waals surface area contributed by atoms with Crippen molar-refractivity contribution in [2.75, 3.05) is 12.4 Å². The Balaban J connectivity index is -0.000000365. The number of ether oxygens (including phenoxy) is 1. The first-order valence-electron chi connectivity index (χ1n) is 11.2. The number of ketones is 1. The number of thiophene rings is 1. The van der Waals surface area contributed by atoms with E-state index in [-0.39, 0.29) is 5.78 Å². The highest BCUT2D eigenvalue weighted by molar-refractivity contribution is 7.12. The summed E-state index contributed by atoms with van der Waals surface area (Å²) in [6, 6.07) is 1.64. The van der Waals surface area contributed by atoms with Gasteiger partial charge in [-0.25, -0.2) is 4.79 Å². The molecule has 1 saturated carbocycles. The number of rotatable bonds is 5. The highest BCUT2D eigenvalue weighted by Crippen LogP contribution is 2.31. The van der Waals surface area contributed by atoms with Crippen LogP contribution in [0.2, 0.25) is 0 Å². The molecule has 1 aromatic heterocycles. The van der Waals surface area contributed by atoms with Crippen LogP contribution in [0.4, 0.5) is 5.69 Å². The van der Waals surface area contributed by atoms with Gasteiger partial charge in [-0.3, -0.25) is 4.79 Å². The van der Waals surface area contributed by atoms with E-state index in [1.54, 1.807) is 11.4 Å². The fourth-order valence-electron chi connectivity index (χ4n) is 2.77. The van der Waals surface area contributed by atoms with Gasteiger partial charge in [0.05, 0.1) is 12.8 Å². The zero-order valence-electron chi connectivity index (χ0n) is 20.7. The second-order valence-electron chi connectivity index (χ2n) is 6.61. The predicted molar refractivity (Wildman–Crippen MR) is 130 cm³/mol. The molecule has 0 radical (unpaired) electrons. The van der Waals surface area contributed by atoms with E-state index in [1.807, 2.05) is 27.7 Å². The molecule has 1 fully saturated rings. The van der Waals surface area contributed by atoms with E-state index in [0.29, 0.717) is 17.0 Å². The van der Waals surface area contributed by atoms with Crippen molar-refractivity contribution < 1.29 is 19.1 Å². The van der Waals surface area contributed by atoms with Crippen molar-refractivity contribution in [2.24, 2.45) is 11.8 Å². The Hall–Kier alpha value is -1.69. The first-order valence-corrected chi connectivity index (χ1v) is 12.1. The topological polar surface area (TPSA) is 72.5 Å². The van der Waals surface area contributed by atoms with E-state index in [1.165, 1.54) is 70.8 Å². The number of esters is 1. The molecule has 1 N–H and O–H groups in total. The Kier molecular flexibility index (Phi) is 25.9. The molecule has 1 aliphatic carbocycles. The molecule has 0 spiro atoms.